The van der Waals surface area contributed by atoms with E-state index in [0.29, 0.717) is 5.82 Å². The largest absolute Gasteiger partial charge is 0.373 e. The Hall–Kier alpha value is -2.01. The number of aromatic nitrogens is 4. The van der Waals surface area contributed by atoms with Crippen molar-refractivity contribution in [2.24, 2.45) is 0 Å². The third kappa shape index (κ3) is 2.31. The van der Waals surface area contributed by atoms with Crippen molar-refractivity contribution in [2.75, 3.05) is 5.32 Å². The fourth-order valence-electron chi connectivity index (χ4n) is 1.40. The van der Waals surface area contributed by atoms with Crippen molar-refractivity contribution in [3.63, 3.8) is 0 Å². The Morgan fingerprint density at radius 3 is 2.94 bits per heavy atom. The van der Waals surface area contributed by atoms with E-state index in [4.69, 9.17) is 5.26 Å². The topological polar surface area (TPSA) is 90.3 Å². The third-order valence-electron chi connectivity index (χ3n) is 2.32. The molecule has 0 aliphatic heterocycles. The predicted octanol–water partition coefficient (Wildman–Crippen LogP) is 2.15. The molecule has 92 valence electrons. The van der Waals surface area contributed by atoms with Crippen LogP contribution in [-0.4, -0.2) is 20.6 Å². The standard InChI is InChI=1S/C10H8BrFN6/c1-5(10-15-17-18-16-10)14-7-3-2-6(4-13)8(11)9(7)12/h2-3,5,14H,1H3,(H,15,16,17,18). The van der Waals surface area contributed by atoms with Crippen LogP contribution in [0.15, 0.2) is 16.6 Å². The number of benzene rings is 1. The van der Waals surface area contributed by atoms with Crippen molar-refractivity contribution >= 4 is 21.6 Å². The van der Waals surface area contributed by atoms with Crippen LogP contribution in [-0.2, 0) is 0 Å². The maximum absolute atomic E-state index is 13.9. The summed E-state index contributed by atoms with van der Waals surface area (Å²) < 4.78 is 14.1. The minimum Gasteiger partial charge on any atom is -0.373 e. The van der Waals surface area contributed by atoms with E-state index in [1.807, 2.05) is 6.07 Å². The van der Waals surface area contributed by atoms with Gasteiger partial charge in [-0.2, -0.15) is 10.5 Å². The second kappa shape index (κ2) is 5.10. The predicted molar refractivity (Wildman–Crippen MR) is 65.0 cm³/mol. The van der Waals surface area contributed by atoms with Gasteiger partial charge in [0.1, 0.15) is 6.07 Å². The SMILES string of the molecule is CC(Nc1ccc(C#N)c(Br)c1F)c1nn[nH]n1. The van der Waals surface area contributed by atoms with Crippen molar-refractivity contribution in [1.82, 2.24) is 20.6 Å². The molecule has 0 fully saturated rings. The van der Waals surface area contributed by atoms with Crippen molar-refractivity contribution in [1.29, 1.82) is 5.26 Å². The molecule has 2 rings (SSSR count). The number of hydrogen-bond donors (Lipinski definition) is 2. The molecule has 2 N–H and O–H groups in total. The van der Waals surface area contributed by atoms with Gasteiger partial charge in [-0.15, -0.1) is 10.2 Å². The lowest BCUT2D eigenvalue weighted by molar-refractivity contribution is 0.619. The van der Waals surface area contributed by atoms with E-state index in [9.17, 15) is 4.39 Å². The van der Waals surface area contributed by atoms with E-state index in [1.54, 1.807) is 6.92 Å². The smallest absolute Gasteiger partial charge is 0.196 e. The van der Waals surface area contributed by atoms with Crippen LogP contribution in [0.2, 0.25) is 0 Å². The monoisotopic (exact) mass is 310 g/mol. The van der Waals surface area contributed by atoms with Crippen molar-refractivity contribution in [3.8, 4) is 6.07 Å². The van der Waals surface area contributed by atoms with Crippen LogP contribution in [0.25, 0.3) is 0 Å². The molecule has 0 spiro atoms. The normalized spacial score (nSPS) is 11.9. The maximum Gasteiger partial charge on any atom is 0.196 e. The lowest BCUT2D eigenvalue weighted by Gasteiger charge is -2.13. The van der Waals surface area contributed by atoms with Crippen LogP contribution in [0.5, 0.6) is 0 Å². The highest BCUT2D eigenvalue weighted by Gasteiger charge is 2.15. The number of anilines is 1. The van der Waals surface area contributed by atoms with Crippen molar-refractivity contribution in [3.05, 3.63) is 33.8 Å². The molecule has 0 amide bonds. The average Bonchev–Trinajstić information content (AvgIpc) is 2.89. The van der Waals surface area contributed by atoms with Crippen molar-refractivity contribution < 1.29 is 4.39 Å². The molecule has 0 radical (unpaired) electrons. The minimum atomic E-state index is -0.524. The Bertz CT molecular complexity index is 591. The van der Waals surface area contributed by atoms with Gasteiger partial charge in [0, 0.05) is 0 Å². The molecule has 1 unspecified atom stereocenters. The summed E-state index contributed by atoms with van der Waals surface area (Å²) >= 11 is 3.04. The first kappa shape index (κ1) is 12.4. The quantitative estimate of drug-likeness (QED) is 0.906. The van der Waals surface area contributed by atoms with Gasteiger partial charge in [-0.25, -0.2) is 4.39 Å². The summed E-state index contributed by atoms with van der Waals surface area (Å²) in [5.74, 6) is -0.0979. The number of H-pyrrole nitrogens is 1. The highest BCUT2D eigenvalue weighted by Crippen LogP contribution is 2.28. The summed E-state index contributed by atoms with van der Waals surface area (Å²) in [6.07, 6.45) is 0. The average molecular weight is 311 g/mol. The summed E-state index contributed by atoms with van der Waals surface area (Å²) in [7, 11) is 0. The molecule has 0 bridgehead atoms. The zero-order valence-electron chi connectivity index (χ0n) is 9.28. The molecule has 6 nitrogen and oxygen atoms in total. The number of aromatic amines is 1. The van der Waals surface area contributed by atoms with E-state index >= 15 is 0 Å². The molecule has 2 aromatic rings. The number of rotatable bonds is 3. The molecule has 1 heterocycles. The Morgan fingerprint density at radius 1 is 1.56 bits per heavy atom. The molecular weight excluding hydrogens is 303 g/mol. The van der Waals surface area contributed by atoms with E-state index in [0.717, 1.165) is 0 Å². The molecule has 0 aliphatic rings. The molecular formula is C10H8BrFN6. The summed E-state index contributed by atoms with van der Waals surface area (Å²) in [6, 6.07) is 4.60. The summed E-state index contributed by atoms with van der Waals surface area (Å²) in [5, 5.41) is 25.0. The van der Waals surface area contributed by atoms with Crippen LogP contribution < -0.4 is 5.32 Å². The Morgan fingerprint density at radius 2 is 2.33 bits per heavy atom. The van der Waals surface area contributed by atoms with Gasteiger partial charge in [-0.1, -0.05) is 5.21 Å². The number of nitrogens with zero attached hydrogens (tertiary/aromatic N) is 4. The fourth-order valence-corrected chi connectivity index (χ4v) is 1.83. The van der Waals surface area contributed by atoms with Gasteiger partial charge in [0.2, 0.25) is 0 Å². The van der Waals surface area contributed by atoms with Gasteiger partial charge < -0.3 is 5.32 Å². The van der Waals surface area contributed by atoms with E-state index in [-0.39, 0.29) is 21.8 Å². The summed E-state index contributed by atoms with van der Waals surface area (Å²) in [5.41, 5.74) is 0.503. The van der Waals surface area contributed by atoms with Crippen LogP contribution in [0.1, 0.15) is 24.4 Å². The molecule has 1 aromatic carbocycles. The Labute approximate surface area is 110 Å². The Kier molecular flexibility index (Phi) is 3.53. The lowest BCUT2D eigenvalue weighted by Crippen LogP contribution is -2.10. The number of nitriles is 1. The van der Waals surface area contributed by atoms with Gasteiger partial charge in [0.05, 0.1) is 21.8 Å². The lowest BCUT2D eigenvalue weighted by atomic mass is 10.2. The van der Waals surface area contributed by atoms with Crippen LogP contribution in [0.4, 0.5) is 10.1 Å². The molecule has 18 heavy (non-hydrogen) atoms. The first-order valence-corrected chi connectivity index (χ1v) is 5.80. The van der Waals surface area contributed by atoms with Gasteiger partial charge in [0.25, 0.3) is 0 Å². The summed E-state index contributed by atoms with van der Waals surface area (Å²) in [6.45, 7) is 1.77. The molecule has 1 atom stereocenters. The number of nitrogens with one attached hydrogen (secondary N) is 2. The zero-order valence-corrected chi connectivity index (χ0v) is 10.9. The number of halogens is 2. The minimum absolute atomic E-state index is 0.135. The fraction of sp³-hybridized carbons (Fsp3) is 0.200. The van der Waals surface area contributed by atoms with E-state index in [2.05, 4.69) is 41.9 Å². The molecule has 8 heteroatoms. The van der Waals surface area contributed by atoms with Crippen LogP contribution in [0.3, 0.4) is 0 Å². The van der Waals surface area contributed by atoms with E-state index < -0.39 is 5.82 Å². The first-order valence-electron chi connectivity index (χ1n) is 5.01. The maximum atomic E-state index is 13.9. The second-order valence-corrected chi connectivity index (χ2v) is 4.33. The van der Waals surface area contributed by atoms with E-state index in [1.165, 1.54) is 12.1 Å². The molecule has 0 aliphatic carbocycles. The first-order chi connectivity index (χ1) is 8.63. The van der Waals surface area contributed by atoms with Gasteiger partial charge in [-0.3, -0.25) is 0 Å². The Balaban J connectivity index is 2.26. The van der Waals surface area contributed by atoms with Gasteiger partial charge in [-0.05, 0) is 35.0 Å². The van der Waals surface area contributed by atoms with Gasteiger partial charge in [0.15, 0.2) is 11.6 Å². The zero-order chi connectivity index (χ0) is 13.1. The second-order valence-electron chi connectivity index (χ2n) is 3.54. The van der Waals surface area contributed by atoms with Crippen LogP contribution >= 0.6 is 15.9 Å². The highest BCUT2D eigenvalue weighted by molar-refractivity contribution is 9.10. The number of hydrogen-bond acceptors (Lipinski definition) is 5. The highest BCUT2D eigenvalue weighted by atomic mass is 79.9. The van der Waals surface area contributed by atoms with Crippen LogP contribution in [0, 0.1) is 17.1 Å². The third-order valence-corrected chi connectivity index (χ3v) is 3.10. The van der Waals surface area contributed by atoms with Gasteiger partial charge >= 0.3 is 0 Å². The molecule has 0 saturated carbocycles. The summed E-state index contributed by atoms with van der Waals surface area (Å²) in [4.78, 5) is 0. The molecule has 1 aromatic heterocycles. The molecule has 0 saturated heterocycles. The number of tetrazole rings is 1. The van der Waals surface area contributed by atoms with Crippen molar-refractivity contribution in [2.45, 2.75) is 13.0 Å².